The molecule has 0 radical (unpaired) electrons. The zero-order valence-electron chi connectivity index (χ0n) is 13.1. The maximum Gasteiger partial charge on any atom is 0.194 e. The van der Waals surface area contributed by atoms with E-state index in [2.05, 4.69) is 6.08 Å². The molecule has 0 amide bonds. The van der Waals surface area contributed by atoms with Gasteiger partial charge in [0.05, 0.1) is 0 Å². The molecule has 0 saturated carbocycles. The molecule has 0 saturated heterocycles. The number of carbonyl (C=O) groups excluding carboxylic acids is 2. The van der Waals surface area contributed by atoms with Crippen LogP contribution in [-0.2, 0) is 6.42 Å². The van der Waals surface area contributed by atoms with Crippen LogP contribution in [-0.4, -0.2) is 11.6 Å². The summed E-state index contributed by atoms with van der Waals surface area (Å²) in [4.78, 5) is 25.6. The second-order valence-corrected chi connectivity index (χ2v) is 5.97. The summed E-state index contributed by atoms with van der Waals surface area (Å²) in [5, 5.41) is 0. The van der Waals surface area contributed by atoms with Gasteiger partial charge in [0.1, 0.15) is 0 Å². The monoisotopic (exact) mass is 290 g/mol. The van der Waals surface area contributed by atoms with E-state index in [9.17, 15) is 9.59 Å². The number of carbonyl (C=O) groups is 2. The molecule has 2 nitrogen and oxygen atoms in total. The predicted octanol–water partition coefficient (Wildman–Crippen LogP) is 4.28. The first kappa shape index (κ1) is 14.5. The first-order valence-electron chi connectivity index (χ1n) is 7.45. The highest BCUT2D eigenvalue weighted by atomic mass is 16.1. The second kappa shape index (κ2) is 5.38. The van der Waals surface area contributed by atoms with Crippen molar-refractivity contribution in [1.29, 1.82) is 0 Å². The molecule has 3 rings (SSSR count). The van der Waals surface area contributed by atoms with E-state index in [4.69, 9.17) is 0 Å². The van der Waals surface area contributed by atoms with Gasteiger partial charge in [-0.05, 0) is 38.3 Å². The molecular formula is C20H18O2. The Labute approximate surface area is 130 Å². The average Bonchev–Trinajstić information content (AvgIpc) is 2.51. The third-order valence-corrected chi connectivity index (χ3v) is 4.15. The van der Waals surface area contributed by atoms with Crippen molar-refractivity contribution in [2.24, 2.45) is 0 Å². The number of hydrogen-bond acceptors (Lipinski definition) is 2. The lowest BCUT2D eigenvalue weighted by atomic mass is 9.80. The number of fused-ring (bicyclic) bond motifs is 2. The van der Waals surface area contributed by atoms with Crippen LogP contribution in [0.2, 0.25) is 0 Å². The lowest BCUT2D eigenvalue weighted by Crippen LogP contribution is -2.23. The summed E-state index contributed by atoms with van der Waals surface area (Å²) in [7, 11) is 0. The van der Waals surface area contributed by atoms with Crippen LogP contribution in [0.5, 0.6) is 0 Å². The highest BCUT2D eigenvalue weighted by Gasteiger charge is 2.31. The standard InChI is InChI=1S/C20H18O2/c1-12(2)8-10-14-13(3)9-11-17-18(14)20(22)16-7-5-4-6-15(16)19(17)21/h4-9,11H,10H2,1-3H3. The summed E-state index contributed by atoms with van der Waals surface area (Å²) in [6.45, 7) is 6.06. The maximum atomic E-state index is 12.9. The number of benzene rings is 2. The molecule has 0 aromatic heterocycles. The molecule has 0 unspecified atom stereocenters. The van der Waals surface area contributed by atoms with Gasteiger partial charge in [-0.1, -0.05) is 48.0 Å². The Kier molecular flexibility index (Phi) is 3.53. The molecule has 1 aliphatic rings. The SMILES string of the molecule is CC(C)=CCc1c(C)ccc2c1C(=O)c1ccccc1C2=O. The third-order valence-electron chi connectivity index (χ3n) is 4.15. The molecule has 22 heavy (non-hydrogen) atoms. The molecule has 1 aliphatic carbocycles. The highest BCUT2D eigenvalue weighted by Crippen LogP contribution is 2.31. The summed E-state index contributed by atoms with van der Waals surface area (Å²) in [5.41, 5.74) is 5.36. The summed E-state index contributed by atoms with van der Waals surface area (Å²) >= 11 is 0. The van der Waals surface area contributed by atoms with E-state index in [1.807, 2.05) is 26.8 Å². The Morgan fingerprint density at radius 3 is 2.18 bits per heavy atom. The molecule has 0 aliphatic heterocycles. The summed E-state index contributed by atoms with van der Waals surface area (Å²) in [6, 6.07) is 10.8. The van der Waals surface area contributed by atoms with E-state index in [0.717, 1.165) is 11.1 Å². The zero-order valence-corrected chi connectivity index (χ0v) is 13.1. The number of hydrogen-bond donors (Lipinski definition) is 0. The van der Waals surface area contributed by atoms with E-state index in [-0.39, 0.29) is 11.6 Å². The Balaban J connectivity index is 2.24. The van der Waals surface area contributed by atoms with Crippen LogP contribution in [0.1, 0.15) is 56.8 Å². The third kappa shape index (κ3) is 2.21. The Morgan fingerprint density at radius 1 is 0.909 bits per heavy atom. The van der Waals surface area contributed by atoms with Crippen LogP contribution < -0.4 is 0 Å². The van der Waals surface area contributed by atoms with Gasteiger partial charge in [-0.15, -0.1) is 0 Å². The highest BCUT2D eigenvalue weighted by molar-refractivity contribution is 6.29. The van der Waals surface area contributed by atoms with Crippen LogP contribution in [0, 0.1) is 6.92 Å². The van der Waals surface area contributed by atoms with Crippen molar-refractivity contribution >= 4 is 11.6 Å². The van der Waals surface area contributed by atoms with Gasteiger partial charge in [-0.2, -0.15) is 0 Å². The Bertz CT molecular complexity index is 822. The topological polar surface area (TPSA) is 34.1 Å². The maximum absolute atomic E-state index is 12.9. The molecule has 2 heteroatoms. The molecule has 0 heterocycles. The van der Waals surface area contributed by atoms with Crippen LogP contribution in [0.25, 0.3) is 0 Å². The van der Waals surface area contributed by atoms with Gasteiger partial charge in [-0.25, -0.2) is 0 Å². The van der Waals surface area contributed by atoms with E-state index in [1.165, 1.54) is 5.57 Å². The van der Waals surface area contributed by atoms with Gasteiger partial charge in [0.2, 0.25) is 0 Å². The molecule has 2 aromatic rings. The fraction of sp³-hybridized carbons (Fsp3) is 0.200. The van der Waals surface area contributed by atoms with Crippen molar-refractivity contribution in [3.63, 3.8) is 0 Å². The van der Waals surface area contributed by atoms with Crippen molar-refractivity contribution in [2.45, 2.75) is 27.2 Å². The van der Waals surface area contributed by atoms with Gasteiger partial charge >= 0.3 is 0 Å². The number of aryl methyl sites for hydroxylation is 1. The first-order chi connectivity index (χ1) is 10.5. The van der Waals surface area contributed by atoms with E-state index in [1.54, 1.807) is 30.3 Å². The second-order valence-electron chi connectivity index (χ2n) is 5.97. The van der Waals surface area contributed by atoms with Crippen molar-refractivity contribution in [2.75, 3.05) is 0 Å². The van der Waals surface area contributed by atoms with Crippen molar-refractivity contribution in [1.82, 2.24) is 0 Å². The van der Waals surface area contributed by atoms with Crippen molar-refractivity contribution < 1.29 is 9.59 Å². The zero-order chi connectivity index (χ0) is 15.9. The fourth-order valence-corrected chi connectivity index (χ4v) is 2.93. The molecule has 110 valence electrons. The summed E-state index contributed by atoms with van der Waals surface area (Å²) in [5.74, 6) is -0.0882. The van der Waals surface area contributed by atoms with Crippen LogP contribution >= 0.6 is 0 Å². The van der Waals surface area contributed by atoms with Gasteiger partial charge in [0.25, 0.3) is 0 Å². The number of rotatable bonds is 2. The van der Waals surface area contributed by atoms with E-state index >= 15 is 0 Å². The van der Waals surface area contributed by atoms with Crippen LogP contribution in [0.15, 0.2) is 48.0 Å². The van der Waals surface area contributed by atoms with Gasteiger partial charge in [-0.3, -0.25) is 9.59 Å². The quantitative estimate of drug-likeness (QED) is 0.660. The van der Waals surface area contributed by atoms with E-state index < -0.39 is 0 Å². The van der Waals surface area contributed by atoms with Gasteiger partial charge < -0.3 is 0 Å². The van der Waals surface area contributed by atoms with Gasteiger partial charge in [0, 0.05) is 22.3 Å². The summed E-state index contributed by atoms with van der Waals surface area (Å²) < 4.78 is 0. The minimum Gasteiger partial charge on any atom is -0.289 e. The summed E-state index contributed by atoms with van der Waals surface area (Å²) in [6.07, 6.45) is 2.78. The fourth-order valence-electron chi connectivity index (χ4n) is 2.93. The predicted molar refractivity (Wildman–Crippen MR) is 87.6 cm³/mol. The normalized spacial score (nSPS) is 12.7. The van der Waals surface area contributed by atoms with Gasteiger partial charge in [0.15, 0.2) is 11.6 Å². The van der Waals surface area contributed by atoms with Crippen LogP contribution in [0.4, 0.5) is 0 Å². The minimum absolute atomic E-state index is 0.0361. The largest absolute Gasteiger partial charge is 0.289 e. The lowest BCUT2D eigenvalue weighted by Gasteiger charge is -2.21. The van der Waals surface area contributed by atoms with Crippen molar-refractivity contribution in [3.05, 3.63) is 81.4 Å². The molecule has 0 bridgehead atoms. The molecule has 0 atom stereocenters. The lowest BCUT2D eigenvalue weighted by molar-refractivity contribution is 0.0978. The minimum atomic E-state index is -0.0522. The molecule has 2 aromatic carbocycles. The smallest absolute Gasteiger partial charge is 0.194 e. The van der Waals surface area contributed by atoms with E-state index in [0.29, 0.717) is 28.7 Å². The van der Waals surface area contributed by atoms with Crippen LogP contribution in [0.3, 0.4) is 0 Å². The molecular weight excluding hydrogens is 272 g/mol. The first-order valence-corrected chi connectivity index (χ1v) is 7.45. The molecule has 0 spiro atoms. The average molecular weight is 290 g/mol. The number of ketones is 2. The number of allylic oxidation sites excluding steroid dienone is 2. The molecule has 0 fully saturated rings. The Morgan fingerprint density at radius 2 is 1.55 bits per heavy atom. The van der Waals surface area contributed by atoms with Crippen molar-refractivity contribution in [3.8, 4) is 0 Å². The molecule has 0 N–H and O–H groups in total. The Hall–Kier alpha value is -2.48.